The zero-order chi connectivity index (χ0) is 14.1. The smallest absolute Gasteiger partial charge is 0.259 e. The number of hydrogen-bond acceptors (Lipinski definition) is 2. The number of para-hydroxylation sites is 1. The van der Waals surface area contributed by atoms with Crippen molar-refractivity contribution in [2.24, 2.45) is 0 Å². The number of amides is 1. The number of aromatic amines is 1. The van der Waals surface area contributed by atoms with Gasteiger partial charge >= 0.3 is 0 Å². The molecule has 0 aliphatic carbocycles. The van der Waals surface area contributed by atoms with Crippen molar-refractivity contribution in [1.82, 2.24) is 9.88 Å². The standard InChI is InChI=1S/C16H18N2O2/c1-2-11-6-5-7-12-14(11)17-10-13(15(12)19)16(20)18-8-3-4-9-18/h5-7,10H,2-4,8-9H2,1H3,(H,17,19). The van der Waals surface area contributed by atoms with Gasteiger partial charge in [0.2, 0.25) is 5.43 Å². The third-order valence-electron chi connectivity index (χ3n) is 4.01. The van der Waals surface area contributed by atoms with E-state index in [0.717, 1.165) is 43.4 Å². The summed E-state index contributed by atoms with van der Waals surface area (Å²) in [5.74, 6) is -0.146. The molecule has 1 amide bonds. The molecule has 0 spiro atoms. The minimum atomic E-state index is -0.161. The Kier molecular flexibility index (Phi) is 3.30. The number of benzene rings is 1. The summed E-state index contributed by atoms with van der Waals surface area (Å²) < 4.78 is 0. The average molecular weight is 270 g/mol. The number of carbonyl (C=O) groups is 1. The van der Waals surface area contributed by atoms with Crippen LogP contribution in [0.5, 0.6) is 0 Å². The summed E-state index contributed by atoms with van der Waals surface area (Å²) in [5.41, 5.74) is 2.04. The number of hydrogen-bond donors (Lipinski definition) is 1. The molecule has 1 N–H and O–H groups in total. The Hall–Kier alpha value is -2.10. The van der Waals surface area contributed by atoms with Gasteiger partial charge in [-0.2, -0.15) is 0 Å². The molecule has 0 bridgehead atoms. The zero-order valence-electron chi connectivity index (χ0n) is 11.6. The van der Waals surface area contributed by atoms with E-state index in [2.05, 4.69) is 11.9 Å². The third-order valence-corrected chi connectivity index (χ3v) is 4.01. The van der Waals surface area contributed by atoms with Gasteiger partial charge < -0.3 is 9.88 Å². The van der Waals surface area contributed by atoms with Crippen LogP contribution in [0, 0.1) is 0 Å². The van der Waals surface area contributed by atoms with Crippen molar-refractivity contribution in [3.8, 4) is 0 Å². The van der Waals surface area contributed by atoms with E-state index in [9.17, 15) is 9.59 Å². The van der Waals surface area contributed by atoms with E-state index in [1.165, 1.54) is 0 Å². The molecule has 4 nitrogen and oxygen atoms in total. The van der Waals surface area contributed by atoms with Gasteiger partial charge in [-0.1, -0.05) is 19.1 Å². The number of carbonyl (C=O) groups excluding carboxylic acids is 1. The Morgan fingerprint density at radius 1 is 1.30 bits per heavy atom. The number of fused-ring (bicyclic) bond motifs is 1. The van der Waals surface area contributed by atoms with E-state index in [-0.39, 0.29) is 16.9 Å². The summed E-state index contributed by atoms with van der Waals surface area (Å²) in [7, 11) is 0. The van der Waals surface area contributed by atoms with Gasteiger partial charge in [0, 0.05) is 24.7 Å². The third kappa shape index (κ3) is 2.01. The van der Waals surface area contributed by atoms with Crippen LogP contribution < -0.4 is 5.43 Å². The molecule has 3 rings (SSSR count). The molecule has 1 fully saturated rings. The topological polar surface area (TPSA) is 53.2 Å². The highest BCUT2D eigenvalue weighted by Gasteiger charge is 2.22. The molecule has 0 unspecified atom stereocenters. The summed E-state index contributed by atoms with van der Waals surface area (Å²) in [6.07, 6.45) is 4.48. The Balaban J connectivity index is 2.12. The maximum absolute atomic E-state index is 12.5. The molecule has 20 heavy (non-hydrogen) atoms. The predicted octanol–water partition coefficient (Wildman–Crippen LogP) is 2.33. The van der Waals surface area contributed by atoms with Gasteiger partial charge in [-0.3, -0.25) is 9.59 Å². The Labute approximate surface area is 117 Å². The number of pyridine rings is 1. The predicted molar refractivity (Wildman–Crippen MR) is 79.1 cm³/mol. The van der Waals surface area contributed by atoms with E-state index in [1.54, 1.807) is 17.2 Å². The fraction of sp³-hybridized carbons (Fsp3) is 0.375. The molecular formula is C16H18N2O2. The van der Waals surface area contributed by atoms with Gasteiger partial charge in [0.05, 0.1) is 5.52 Å². The molecule has 104 valence electrons. The van der Waals surface area contributed by atoms with E-state index in [1.807, 2.05) is 12.1 Å². The lowest BCUT2D eigenvalue weighted by Crippen LogP contribution is -2.32. The molecule has 1 aliphatic rings. The van der Waals surface area contributed by atoms with Crippen LogP contribution in [0.3, 0.4) is 0 Å². The monoisotopic (exact) mass is 270 g/mol. The van der Waals surface area contributed by atoms with Crippen LogP contribution >= 0.6 is 0 Å². The Morgan fingerprint density at radius 2 is 2.05 bits per heavy atom. The first kappa shape index (κ1) is 12.9. The fourth-order valence-electron chi connectivity index (χ4n) is 2.86. The minimum absolute atomic E-state index is 0.146. The van der Waals surface area contributed by atoms with E-state index in [0.29, 0.717) is 5.39 Å². The van der Waals surface area contributed by atoms with Crippen LogP contribution in [0.25, 0.3) is 10.9 Å². The van der Waals surface area contributed by atoms with Crippen LogP contribution in [0.1, 0.15) is 35.7 Å². The molecule has 4 heteroatoms. The molecule has 1 aliphatic heterocycles. The number of aryl methyl sites for hydroxylation is 1. The quantitative estimate of drug-likeness (QED) is 0.910. The van der Waals surface area contributed by atoms with Crippen LogP contribution in [-0.2, 0) is 6.42 Å². The van der Waals surface area contributed by atoms with Gasteiger partial charge in [0.25, 0.3) is 5.91 Å². The van der Waals surface area contributed by atoms with Gasteiger partial charge in [-0.05, 0) is 30.9 Å². The number of aromatic nitrogens is 1. The Bertz CT molecular complexity index is 712. The van der Waals surface area contributed by atoms with Gasteiger partial charge in [0.15, 0.2) is 0 Å². The van der Waals surface area contributed by atoms with E-state index in [4.69, 9.17) is 0 Å². The van der Waals surface area contributed by atoms with Gasteiger partial charge in [0.1, 0.15) is 5.56 Å². The minimum Gasteiger partial charge on any atom is -0.360 e. The average Bonchev–Trinajstić information content (AvgIpc) is 3.01. The normalized spacial score (nSPS) is 14.9. The summed E-state index contributed by atoms with van der Waals surface area (Å²) in [6.45, 7) is 3.56. The number of nitrogens with one attached hydrogen (secondary N) is 1. The van der Waals surface area contributed by atoms with Crippen molar-refractivity contribution in [1.29, 1.82) is 0 Å². The number of likely N-dealkylation sites (tertiary alicyclic amines) is 1. The van der Waals surface area contributed by atoms with E-state index < -0.39 is 0 Å². The Morgan fingerprint density at radius 3 is 2.75 bits per heavy atom. The first-order valence-electron chi connectivity index (χ1n) is 7.15. The van der Waals surface area contributed by atoms with Gasteiger partial charge in [-0.25, -0.2) is 0 Å². The summed E-state index contributed by atoms with van der Waals surface area (Å²) >= 11 is 0. The maximum atomic E-state index is 12.5. The van der Waals surface area contributed by atoms with Crippen LogP contribution in [0.15, 0.2) is 29.2 Å². The highest BCUT2D eigenvalue weighted by Crippen LogP contribution is 2.16. The van der Waals surface area contributed by atoms with Crippen molar-refractivity contribution >= 4 is 16.8 Å². The molecule has 0 radical (unpaired) electrons. The molecule has 1 saturated heterocycles. The number of rotatable bonds is 2. The molecule has 0 saturated carbocycles. The van der Waals surface area contributed by atoms with Gasteiger partial charge in [-0.15, -0.1) is 0 Å². The van der Waals surface area contributed by atoms with Crippen molar-refractivity contribution in [3.63, 3.8) is 0 Å². The molecule has 1 aromatic carbocycles. The molecule has 1 aromatic heterocycles. The van der Waals surface area contributed by atoms with Crippen molar-refractivity contribution in [3.05, 3.63) is 45.7 Å². The van der Waals surface area contributed by atoms with Crippen LogP contribution in [0.2, 0.25) is 0 Å². The second-order valence-corrected chi connectivity index (χ2v) is 5.22. The largest absolute Gasteiger partial charge is 0.360 e. The highest BCUT2D eigenvalue weighted by molar-refractivity contribution is 5.97. The van der Waals surface area contributed by atoms with Crippen molar-refractivity contribution < 1.29 is 4.79 Å². The summed E-state index contributed by atoms with van der Waals surface area (Å²) in [5, 5.41) is 0.606. The summed E-state index contributed by atoms with van der Waals surface area (Å²) in [6, 6.07) is 5.66. The lowest BCUT2D eigenvalue weighted by molar-refractivity contribution is 0.0791. The highest BCUT2D eigenvalue weighted by atomic mass is 16.2. The fourth-order valence-corrected chi connectivity index (χ4v) is 2.86. The first-order valence-corrected chi connectivity index (χ1v) is 7.15. The second kappa shape index (κ2) is 5.12. The zero-order valence-corrected chi connectivity index (χ0v) is 11.6. The maximum Gasteiger partial charge on any atom is 0.259 e. The second-order valence-electron chi connectivity index (χ2n) is 5.22. The lowest BCUT2D eigenvalue weighted by atomic mass is 10.1. The van der Waals surface area contributed by atoms with Crippen molar-refractivity contribution in [2.75, 3.05) is 13.1 Å². The number of nitrogens with zero attached hydrogens (tertiary/aromatic N) is 1. The van der Waals surface area contributed by atoms with Crippen LogP contribution in [-0.4, -0.2) is 28.9 Å². The molecule has 0 atom stereocenters. The van der Waals surface area contributed by atoms with E-state index >= 15 is 0 Å². The molecule has 2 aromatic rings. The SMILES string of the molecule is CCc1cccc2c(=O)c(C(=O)N3CCCC3)c[nH]c12. The lowest BCUT2D eigenvalue weighted by Gasteiger charge is -2.15. The molecule has 2 heterocycles. The van der Waals surface area contributed by atoms with Crippen molar-refractivity contribution in [2.45, 2.75) is 26.2 Å². The molecular weight excluding hydrogens is 252 g/mol. The van der Waals surface area contributed by atoms with Crippen LogP contribution in [0.4, 0.5) is 0 Å². The first-order chi connectivity index (χ1) is 9.72. The summed E-state index contributed by atoms with van der Waals surface area (Å²) in [4.78, 5) is 29.8. The number of H-pyrrole nitrogens is 1.